The maximum absolute atomic E-state index is 6.24. The molecule has 1 aliphatic heterocycles. The smallest absolute Gasteiger partial charge is 0.0925 e. The summed E-state index contributed by atoms with van der Waals surface area (Å²) in [6, 6.07) is 7.88. The standard InChI is InChI=1S/C15H20BrClO2/c1-10-6-14(7-11(2)18-10)19-15(9-16)12-4-3-5-13(17)8-12/h3-5,8,10-11,14-15H,6-7,9H2,1-2H3. The van der Waals surface area contributed by atoms with Crippen LogP contribution in [0, 0.1) is 0 Å². The molecule has 1 fully saturated rings. The SMILES string of the molecule is CC1CC(OC(CBr)c2cccc(Cl)c2)CC(C)O1. The predicted molar refractivity (Wildman–Crippen MR) is 82.1 cm³/mol. The summed E-state index contributed by atoms with van der Waals surface area (Å²) in [5.41, 5.74) is 1.12. The molecule has 0 amide bonds. The molecule has 3 unspecified atom stereocenters. The Morgan fingerprint density at radius 3 is 2.63 bits per heavy atom. The van der Waals surface area contributed by atoms with Crippen molar-refractivity contribution >= 4 is 27.5 Å². The lowest BCUT2D eigenvalue weighted by Gasteiger charge is -2.34. The van der Waals surface area contributed by atoms with Crippen molar-refractivity contribution in [3.8, 4) is 0 Å². The zero-order valence-electron chi connectivity index (χ0n) is 11.3. The Kier molecular flexibility index (Phi) is 5.70. The van der Waals surface area contributed by atoms with Gasteiger partial charge in [-0.15, -0.1) is 0 Å². The molecule has 0 saturated carbocycles. The fraction of sp³-hybridized carbons (Fsp3) is 0.600. The van der Waals surface area contributed by atoms with Crippen molar-refractivity contribution in [3.05, 3.63) is 34.9 Å². The summed E-state index contributed by atoms with van der Waals surface area (Å²) in [5.74, 6) is 0. The molecule has 1 saturated heterocycles. The number of benzene rings is 1. The first-order valence-corrected chi connectivity index (χ1v) is 8.20. The molecular weight excluding hydrogens is 328 g/mol. The molecule has 2 nitrogen and oxygen atoms in total. The summed E-state index contributed by atoms with van der Waals surface area (Å²) in [7, 11) is 0. The van der Waals surface area contributed by atoms with Crippen LogP contribution < -0.4 is 0 Å². The van der Waals surface area contributed by atoms with Gasteiger partial charge in [-0.25, -0.2) is 0 Å². The van der Waals surface area contributed by atoms with Crippen molar-refractivity contribution in [2.45, 2.75) is 51.1 Å². The Morgan fingerprint density at radius 1 is 1.37 bits per heavy atom. The van der Waals surface area contributed by atoms with E-state index in [0.29, 0.717) is 0 Å². The summed E-state index contributed by atoms with van der Waals surface area (Å²) < 4.78 is 12.0. The van der Waals surface area contributed by atoms with E-state index in [1.54, 1.807) is 0 Å². The van der Waals surface area contributed by atoms with E-state index in [4.69, 9.17) is 21.1 Å². The van der Waals surface area contributed by atoms with Crippen molar-refractivity contribution in [3.63, 3.8) is 0 Å². The van der Waals surface area contributed by atoms with Crippen LogP contribution in [-0.2, 0) is 9.47 Å². The Bertz CT molecular complexity index is 403. The second-order valence-electron chi connectivity index (χ2n) is 5.18. The summed E-state index contributed by atoms with van der Waals surface area (Å²) in [5, 5.41) is 1.52. The first kappa shape index (κ1) is 15.3. The normalized spacial score (nSPS) is 29.2. The summed E-state index contributed by atoms with van der Waals surface area (Å²) in [6.45, 7) is 4.21. The minimum Gasteiger partial charge on any atom is -0.375 e. The average Bonchev–Trinajstić information content (AvgIpc) is 2.34. The third kappa shape index (κ3) is 4.45. The molecular formula is C15H20BrClO2. The molecule has 3 atom stereocenters. The van der Waals surface area contributed by atoms with Gasteiger partial charge < -0.3 is 9.47 Å². The highest BCUT2D eigenvalue weighted by atomic mass is 79.9. The van der Waals surface area contributed by atoms with Crippen LogP contribution in [0.4, 0.5) is 0 Å². The average molecular weight is 348 g/mol. The van der Waals surface area contributed by atoms with Gasteiger partial charge in [-0.2, -0.15) is 0 Å². The molecule has 0 N–H and O–H groups in total. The number of alkyl halides is 1. The maximum atomic E-state index is 6.24. The van der Waals surface area contributed by atoms with Crippen LogP contribution in [0.15, 0.2) is 24.3 Å². The first-order chi connectivity index (χ1) is 9.08. The molecule has 0 radical (unpaired) electrons. The van der Waals surface area contributed by atoms with Gasteiger partial charge in [0, 0.05) is 10.4 Å². The monoisotopic (exact) mass is 346 g/mol. The highest BCUT2D eigenvalue weighted by Crippen LogP contribution is 2.29. The molecule has 1 aromatic carbocycles. The van der Waals surface area contributed by atoms with Crippen LogP contribution in [0.2, 0.25) is 5.02 Å². The van der Waals surface area contributed by atoms with E-state index in [9.17, 15) is 0 Å². The minimum absolute atomic E-state index is 0.0428. The van der Waals surface area contributed by atoms with Crippen molar-refractivity contribution in [2.24, 2.45) is 0 Å². The number of ether oxygens (including phenoxy) is 2. The molecule has 0 aliphatic carbocycles. The van der Waals surface area contributed by atoms with Gasteiger partial charge in [0.2, 0.25) is 0 Å². The van der Waals surface area contributed by atoms with Gasteiger partial charge in [0.25, 0.3) is 0 Å². The summed E-state index contributed by atoms with van der Waals surface area (Å²) in [6.07, 6.45) is 2.73. The van der Waals surface area contributed by atoms with Crippen LogP contribution in [0.25, 0.3) is 0 Å². The van der Waals surface area contributed by atoms with Gasteiger partial charge in [0.15, 0.2) is 0 Å². The fourth-order valence-corrected chi connectivity index (χ4v) is 3.32. The van der Waals surface area contributed by atoms with Crippen LogP contribution in [-0.4, -0.2) is 23.6 Å². The highest BCUT2D eigenvalue weighted by molar-refractivity contribution is 9.09. The molecule has 19 heavy (non-hydrogen) atoms. The lowest BCUT2D eigenvalue weighted by Crippen LogP contribution is -2.35. The molecule has 1 aliphatic rings. The Hall–Kier alpha value is -0.0900. The van der Waals surface area contributed by atoms with Crippen molar-refractivity contribution in [1.29, 1.82) is 0 Å². The van der Waals surface area contributed by atoms with Gasteiger partial charge in [0.05, 0.1) is 24.4 Å². The first-order valence-electron chi connectivity index (χ1n) is 6.71. The van der Waals surface area contributed by atoms with Crippen LogP contribution in [0.3, 0.4) is 0 Å². The molecule has 1 heterocycles. The summed E-state index contributed by atoms with van der Waals surface area (Å²) in [4.78, 5) is 0. The van der Waals surface area contributed by atoms with Gasteiger partial charge >= 0.3 is 0 Å². The Morgan fingerprint density at radius 2 is 2.05 bits per heavy atom. The number of hydrogen-bond acceptors (Lipinski definition) is 2. The zero-order chi connectivity index (χ0) is 13.8. The second-order valence-corrected chi connectivity index (χ2v) is 6.27. The lowest BCUT2D eigenvalue weighted by molar-refractivity contribution is -0.118. The van der Waals surface area contributed by atoms with Crippen LogP contribution in [0.5, 0.6) is 0 Å². The Balaban J connectivity index is 2.02. The third-order valence-electron chi connectivity index (χ3n) is 3.37. The zero-order valence-corrected chi connectivity index (χ0v) is 13.7. The van der Waals surface area contributed by atoms with Gasteiger partial charge in [0.1, 0.15) is 0 Å². The van der Waals surface area contributed by atoms with Crippen LogP contribution in [0.1, 0.15) is 38.4 Å². The molecule has 4 heteroatoms. The summed E-state index contributed by atoms with van der Waals surface area (Å²) >= 11 is 9.58. The van der Waals surface area contributed by atoms with Gasteiger partial charge in [-0.1, -0.05) is 39.7 Å². The van der Waals surface area contributed by atoms with Gasteiger partial charge in [-0.05, 0) is 44.4 Å². The number of rotatable bonds is 4. The largest absolute Gasteiger partial charge is 0.375 e. The molecule has 0 bridgehead atoms. The molecule has 1 aromatic rings. The number of hydrogen-bond donors (Lipinski definition) is 0. The van der Waals surface area contributed by atoms with E-state index in [-0.39, 0.29) is 24.4 Å². The quantitative estimate of drug-likeness (QED) is 0.732. The second kappa shape index (κ2) is 7.07. The predicted octanol–water partition coefficient (Wildman–Crippen LogP) is 4.75. The fourth-order valence-electron chi connectivity index (χ4n) is 2.60. The molecule has 106 valence electrons. The topological polar surface area (TPSA) is 18.5 Å². The Labute approximate surface area is 128 Å². The van der Waals surface area contributed by atoms with Crippen molar-refractivity contribution in [1.82, 2.24) is 0 Å². The van der Waals surface area contributed by atoms with E-state index in [1.807, 2.05) is 18.2 Å². The third-order valence-corrected chi connectivity index (χ3v) is 4.19. The van der Waals surface area contributed by atoms with Crippen molar-refractivity contribution in [2.75, 3.05) is 5.33 Å². The molecule has 0 spiro atoms. The lowest BCUT2D eigenvalue weighted by atomic mass is 10.0. The van der Waals surface area contributed by atoms with E-state index >= 15 is 0 Å². The van der Waals surface area contributed by atoms with Gasteiger partial charge in [-0.3, -0.25) is 0 Å². The maximum Gasteiger partial charge on any atom is 0.0925 e. The minimum atomic E-state index is 0.0428. The van der Waals surface area contributed by atoms with E-state index in [0.717, 1.165) is 28.8 Å². The molecule has 2 rings (SSSR count). The van der Waals surface area contributed by atoms with E-state index < -0.39 is 0 Å². The van der Waals surface area contributed by atoms with E-state index in [1.165, 1.54) is 0 Å². The molecule has 0 aromatic heterocycles. The number of halogens is 2. The van der Waals surface area contributed by atoms with Crippen molar-refractivity contribution < 1.29 is 9.47 Å². The van der Waals surface area contributed by atoms with E-state index in [2.05, 4.69) is 35.8 Å². The highest BCUT2D eigenvalue weighted by Gasteiger charge is 2.27. The van der Waals surface area contributed by atoms with Crippen LogP contribution >= 0.6 is 27.5 Å².